The summed E-state index contributed by atoms with van der Waals surface area (Å²) in [5.41, 5.74) is 1.29. The molecule has 1 aromatic carbocycles. The third kappa shape index (κ3) is 5.22. The number of hydrogen-bond donors (Lipinski definition) is 2. The summed E-state index contributed by atoms with van der Waals surface area (Å²) in [6, 6.07) is 8.68. The summed E-state index contributed by atoms with van der Waals surface area (Å²) in [5.74, 6) is 2.52. The molecular weight excluding hydrogens is 354 g/mol. The van der Waals surface area contributed by atoms with Gasteiger partial charge in [0.05, 0.1) is 13.2 Å². The average Bonchev–Trinajstić information content (AvgIpc) is 3.39. The Bertz CT molecular complexity index is 750. The number of benzene rings is 1. The number of nitrogens with zero attached hydrogens (tertiary/aromatic N) is 5. The summed E-state index contributed by atoms with van der Waals surface area (Å²) >= 11 is 0. The molecule has 8 heteroatoms. The fourth-order valence-electron chi connectivity index (χ4n) is 3.49. The van der Waals surface area contributed by atoms with Gasteiger partial charge in [-0.1, -0.05) is 12.1 Å². The minimum absolute atomic E-state index is 0.298. The monoisotopic (exact) mass is 385 g/mol. The van der Waals surface area contributed by atoms with E-state index in [0.717, 1.165) is 43.7 Å². The fraction of sp³-hybridized carbons (Fsp3) is 0.550. The Morgan fingerprint density at radius 1 is 1.21 bits per heavy atom. The van der Waals surface area contributed by atoms with E-state index < -0.39 is 0 Å². The zero-order chi connectivity index (χ0) is 19.8. The Morgan fingerprint density at radius 2 is 1.96 bits per heavy atom. The maximum Gasteiger partial charge on any atom is 0.191 e. The van der Waals surface area contributed by atoms with Crippen LogP contribution >= 0.6 is 0 Å². The van der Waals surface area contributed by atoms with Crippen LogP contribution in [0.25, 0.3) is 0 Å². The van der Waals surface area contributed by atoms with Crippen LogP contribution in [0.3, 0.4) is 0 Å². The number of hydrogen-bond acceptors (Lipinski definition) is 5. The van der Waals surface area contributed by atoms with Gasteiger partial charge >= 0.3 is 0 Å². The van der Waals surface area contributed by atoms with Gasteiger partial charge in [0.1, 0.15) is 24.4 Å². The summed E-state index contributed by atoms with van der Waals surface area (Å²) < 4.78 is 7.06. The minimum Gasteiger partial charge on any atom is -0.497 e. The molecule has 2 aromatic rings. The molecule has 8 nitrogen and oxygen atoms in total. The van der Waals surface area contributed by atoms with E-state index in [4.69, 9.17) is 4.74 Å². The van der Waals surface area contributed by atoms with Crippen molar-refractivity contribution in [3.63, 3.8) is 0 Å². The van der Waals surface area contributed by atoms with Gasteiger partial charge in [-0.05, 0) is 50.6 Å². The molecule has 0 radical (unpaired) electrons. The lowest BCUT2D eigenvalue weighted by Gasteiger charge is -2.29. The zero-order valence-electron chi connectivity index (χ0n) is 17.1. The molecule has 1 fully saturated rings. The van der Waals surface area contributed by atoms with Crippen LogP contribution in [0.15, 0.2) is 35.6 Å². The van der Waals surface area contributed by atoms with Crippen molar-refractivity contribution >= 4 is 5.96 Å². The van der Waals surface area contributed by atoms with Gasteiger partial charge in [0.2, 0.25) is 0 Å². The van der Waals surface area contributed by atoms with Crippen LogP contribution in [0.1, 0.15) is 37.2 Å². The number of aryl methyl sites for hydroxylation is 1. The largest absolute Gasteiger partial charge is 0.497 e. The molecule has 1 aliphatic heterocycles. The normalized spacial score (nSPS) is 16.2. The highest BCUT2D eigenvalue weighted by molar-refractivity contribution is 5.79. The van der Waals surface area contributed by atoms with E-state index in [0.29, 0.717) is 12.6 Å². The standard InChI is InChI=1S/C20H31N7O/c1-4-21-20(23-14-19-24-15-25-26(19)2)22-13-18(27-11-5-6-12-27)16-7-9-17(28-3)10-8-16/h7-10,15,18H,4-6,11-14H2,1-3H3,(H2,21,22,23). The average molecular weight is 386 g/mol. The SMILES string of the molecule is CCNC(=NCc1ncnn1C)NCC(c1ccc(OC)cc1)N1CCCC1. The fourth-order valence-corrected chi connectivity index (χ4v) is 3.49. The molecular formula is C20H31N7O. The van der Waals surface area contributed by atoms with Crippen molar-refractivity contribution in [1.29, 1.82) is 0 Å². The van der Waals surface area contributed by atoms with Crippen LogP contribution < -0.4 is 15.4 Å². The van der Waals surface area contributed by atoms with Gasteiger partial charge in [0.25, 0.3) is 0 Å². The highest BCUT2D eigenvalue weighted by atomic mass is 16.5. The Balaban J connectivity index is 1.69. The number of nitrogens with one attached hydrogen (secondary N) is 2. The molecule has 152 valence electrons. The molecule has 0 saturated carbocycles. The Morgan fingerprint density at radius 3 is 2.57 bits per heavy atom. The highest BCUT2D eigenvalue weighted by Gasteiger charge is 2.23. The molecule has 1 saturated heterocycles. The zero-order valence-corrected chi connectivity index (χ0v) is 17.1. The lowest BCUT2D eigenvalue weighted by Crippen LogP contribution is -2.42. The van der Waals surface area contributed by atoms with Crippen LogP contribution in [0.5, 0.6) is 5.75 Å². The maximum absolute atomic E-state index is 5.31. The second kappa shape index (κ2) is 10.1. The Labute approximate surface area is 167 Å². The number of aliphatic imine (C=N–C) groups is 1. The second-order valence-corrected chi connectivity index (χ2v) is 6.91. The van der Waals surface area contributed by atoms with Crippen LogP contribution in [0.4, 0.5) is 0 Å². The summed E-state index contributed by atoms with van der Waals surface area (Å²) in [7, 11) is 3.58. The summed E-state index contributed by atoms with van der Waals surface area (Å²) in [4.78, 5) is 11.5. The smallest absolute Gasteiger partial charge is 0.191 e. The summed E-state index contributed by atoms with van der Waals surface area (Å²) in [6.07, 6.45) is 4.07. The second-order valence-electron chi connectivity index (χ2n) is 6.91. The van der Waals surface area contributed by atoms with Gasteiger partial charge in [-0.15, -0.1) is 0 Å². The number of methoxy groups -OCH3 is 1. The predicted molar refractivity (Wildman–Crippen MR) is 110 cm³/mol. The van der Waals surface area contributed by atoms with Crippen molar-refractivity contribution in [2.75, 3.05) is 33.3 Å². The first-order valence-corrected chi connectivity index (χ1v) is 9.94. The maximum atomic E-state index is 5.31. The minimum atomic E-state index is 0.298. The Hall–Kier alpha value is -2.61. The van der Waals surface area contributed by atoms with Gasteiger partial charge in [0.15, 0.2) is 5.96 Å². The van der Waals surface area contributed by atoms with Crippen molar-refractivity contribution < 1.29 is 4.74 Å². The molecule has 0 bridgehead atoms. The van der Waals surface area contributed by atoms with E-state index in [2.05, 4.69) is 49.7 Å². The van der Waals surface area contributed by atoms with Crippen LogP contribution in [0.2, 0.25) is 0 Å². The quantitative estimate of drug-likeness (QED) is 0.532. The molecule has 0 aliphatic carbocycles. The lowest BCUT2D eigenvalue weighted by molar-refractivity contribution is 0.245. The van der Waals surface area contributed by atoms with E-state index in [1.54, 1.807) is 18.1 Å². The van der Waals surface area contributed by atoms with Gasteiger partial charge in [-0.2, -0.15) is 5.10 Å². The van der Waals surface area contributed by atoms with Gasteiger partial charge in [0, 0.05) is 20.1 Å². The highest BCUT2D eigenvalue weighted by Crippen LogP contribution is 2.26. The molecule has 2 N–H and O–H groups in total. The number of ether oxygens (including phenoxy) is 1. The van der Waals surface area contributed by atoms with E-state index in [9.17, 15) is 0 Å². The predicted octanol–water partition coefficient (Wildman–Crippen LogP) is 1.72. The van der Waals surface area contributed by atoms with Crippen molar-refractivity contribution in [3.8, 4) is 5.75 Å². The van der Waals surface area contributed by atoms with E-state index in [-0.39, 0.29) is 0 Å². The molecule has 2 heterocycles. The first-order valence-electron chi connectivity index (χ1n) is 9.94. The van der Waals surface area contributed by atoms with Crippen molar-refractivity contribution in [3.05, 3.63) is 42.0 Å². The van der Waals surface area contributed by atoms with Crippen LogP contribution in [-0.2, 0) is 13.6 Å². The van der Waals surface area contributed by atoms with Crippen molar-refractivity contribution in [1.82, 2.24) is 30.3 Å². The molecule has 3 rings (SSSR count). The molecule has 1 unspecified atom stereocenters. The number of guanidine groups is 1. The van der Waals surface area contributed by atoms with E-state index in [1.165, 1.54) is 18.4 Å². The van der Waals surface area contributed by atoms with Gasteiger partial charge < -0.3 is 15.4 Å². The number of rotatable bonds is 8. The molecule has 1 atom stereocenters. The number of aromatic nitrogens is 3. The summed E-state index contributed by atoms with van der Waals surface area (Å²) in [6.45, 7) is 6.41. The van der Waals surface area contributed by atoms with E-state index in [1.807, 2.05) is 19.2 Å². The van der Waals surface area contributed by atoms with Crippen LogP contribution in [-0.4, -0.2) is 58.9 Å². The van der Waals surface area contributed by atoms with Crippen molar-refractivity contribution in [2.45, 2.75) is 32.4 Å². The van der Waals surface area contributed by atoms with Gasteiger partial charge in [-0.25, -0.2) is 9.98 Å². The molecule has 1 aromatic heterocycles. The van der Waals surface area contributed by atoms with E-state index >= 15 is 0 Å². The first-order chi connectivity index (χ1) is 13.7. The first kappa shape index (κ1) is 20.1. The lowest BCUT2D eigenvalue weighted by atomic mass is 10.1. The Kier molecular flexibility index (Phi) is 7.25. The molecule has 1 aliphatic rings. The van der Waals surface area contributed by atoms with Crippen molar-refractivity contribution in [2.24, 2.45) is 12.0 Å². The number of likely N-dealkylation sites (tertiary alicyclic amines) is 1. The third-order valence-corrected chi connectivity index (χ3v) is 5.07. The topological polar surface area (TPSA) is 79.6 Å². The third-order valence-electron chi connectivity index (χ3n) is 5.07. The van der Waals surface area contributed by atoms with Gasteiger partial charge in [-0.3, -0.25) is 9.58 Å². The molecule has 0 amide bonds. The molecule has 0 spiro atoms. The van der Waals surface area contributed by atoms with Crippen LogP contribution in [0, 0.1) is 0 Å². The molecule has 28 heavy (non-hydrogen) atoms. The summed E-state index contributed by atoms with van der Waals surface area (Å²) in [5, 5.41) is 10.9.